The van der Waals surface area contributed by atoms with E-state index in [1.807, 2.05) is 0 Å². The normalized spacial score (nSPS) is 12.4. The number of hydrogen-bond acceptors (Lipinski definition) is 5. The van der Waals surface area contributed by atoms with Crippen LogP contribution in [0.15, 0.2) is 30.3 Å². The summed E-state index contributed by atoms with van der Waals surface area (Å²) in [6.45, 7) is 7.09. The van der Waals surface area contributed by atoms with Crippen molar-refractivity contribution >= 4 is 17.0 Å². The van der Waals surface area contributed by atoms with Gasteiger partial charge < -0.3 is 9.84 Å². The highest BCUT2D eigenvalue weighted by Crippen LogP contribution is 2.32. The zero-order valence-electron chi connectivity index (χ0n) is 17.0. The number of rotatable bonds is 4. The first-order chi connectivity index (χ1) is 13.8. The van der Waals surface area contributed by atoms with Crippen LogP contribution in [0.1, 0.15) is 43.9 Å². The Kier molecular flexibility index (Phi) is 5.49. The summed E-state index contributed by atoms with van der Waals surface area (Å²) in [6, 6.07) is 6.22. The summed E-state index contributed by atoms with van der Waals surface area (Å²) in [4.78, 5) is 13.1. The van der Waals surface area contributed by atoms with Crippen molar-refractivity contribution in [2.24, 2.45) is 0 Å². The molecule has 2 aromatic carbocycles. The number of phenolic OH excluding ortho intramolecular Hbond substituents is 1. The molecular weight excluding hydrogens is 399 g/mol. The van der Waals surface area contributed by atoms with Gasteiger partial charge in [-0.3, -0.25) is 4.79 Å². The Labute approximate surface area is 171 Å². The lowest BCUT2D eigenvalue weighted by Crippen LogP contribution is -2.24. The summed E-state index contributed by atoms with van der Waals surface area (Å²) < 4.78 is 44.1. The molecule has 9 heteroatoms. The molecule has 30 heavy (non-hydrogen) atoms. The van der Waals surface area contributed by atoms with Gasteiger partial charge in [0.15, 0.2) is 0 Å². The van der Waals surface area contributed by atoms with Gasteiger partial charge in [0.1, 0.15) is 28.1 Å². The van der Waals surface area contributed by atoms with Crippen LogP contribution in [0.5, 0.6) is 5.75 Å². The number of ether oxygens (including phenoxy) is 1. The molecule has 0 radical (unpaired) electrons. The van der Waals surface area contributed by atoms with E-state index in [0.29, 0.717) is 12.0 Å². The Morgan fingerprint density at radius 2 is 1.77 bits per heavy atom. The van der Waals surface area contributed by atoms with Crippen LogP contribution in [0.4, 0.5) is 13.2 Å². The van der Waals surface area contributed by atoms with E-state index < -0.39 is 17.3 Å². The molecule has 0 saturated heterocycles. The zero-order valence-corrected chi connectivity index (χ0v) is 17.0. The van der Waals surface area contributed by atoms with Crippen molar-refractivity contribution in [3.8, 4) is 11.4 Å². The number of aromatic hydroxyl groups is 1. The molecule has 0 amide bonds. The predicted molar refractivity (Wildman–Crippen MR) is 104 cm³/mol. The van der Waals surface area contributed by atoms with E-state index >= 15 is 0 Å². The number of phenols is 1. The molecule has 1 aromatic heterocycles. The molecular formula is C21H22F3N3O3. The summed E-state index contributed by atoms with van der Waals surface area (Å²) in [6.07, 6.45) is -3.98. The minimum Gasteiger partial charge on any atom is -0.506 e. The molecule has 3 aromatic rings. The van der Waals surface area contributed by atoms with Gasteiger partial charge in [-0.15, -0.1) is 15.0 Å². The first-order valence-electron chi connectivity index (χ1n) is 9.33. The molecule has 160 valence electrons. The Hall–Kier alpha value is -3.10. The minimum absolute atomic E-state index is 0.0581. The minimum atomic E-state index is -4.49. The highest BCUT2D eigenvalue weighted by Gasteiger charge is 2.31. The van der Waals surface area contributed by atoms with Crippen LogP contribution in [0, 0.1) is 6.92 Å². The average Bonchev–Trinajstić information content (AvgIpc) is 3.01. The monoisotopic (exact) mass is 421 g/mol. The summed E-state index contributed by atoms with van der Waals surface area (Å²) in [5.74, 6) is -0.468. The Morgan fingerprint density at radius 3 is 2.40 bits per heavy atom. The standard InChI is InChI=1S/C21H22F3N3O3/c1-12-13(6-10-18(29)30-20(2,3)4)5-9-17(28)19(12)27-25-15-8-7-14(21(22,23)24)11-16(15)26-27/h5,7-9,11,28H,6,10H2,1-4H3. The molecule has 0 unspecified atom stereocenters. The lowest BCUT2D eigenvalue weighted by Gasteiger charge is -2.19. The van der Waals surface area contributed by atoms with Gasteiger partial charge in [0.2, 0.25) is 0 Å². The van der Waals surface area contributed by atoms with E-state index in [4.69, 9.17) is 4.74 Å². The topological polar surface area (TPSA) is 77.2 Å². The van der Waals surface area contributed by atoms with Crippen molar-refractivity contribution in [3.05, 3.63) is 47.0 Å². The number of aromatic nitrogens is 3. The van der Waals surface area contributed by atoms with Crippen LogP contribution in [-0.2, 0) is 22.1 Å². The van der Waals surface area contributed by atoms with E-state index in [0.717, 1.165) is 22.5 Å². The van der Waals surface area contributed by atoms with E-state index in [-0.39, 0.29) is 34.9 Å². The third-order valence-corrected chi connectivity index (χ3v) is 4.45. The fraction of sp³-hybridized carbons (Fsp3) is 0.381. The number of carbonyl (C=O) groups excluding carboxylic acids is 1. The molecule has 0 atom stereocenters. The SMILES string of the molecule is Cc1c(CCC(=O)OC(C)(C)C)ccc(O)c1-n1nc2ccc(C(F)(F)F)cc2n1. The van der Waals surface area contributed by atoms with E-state index in [1.54, 1.807) is 33.8 Å². The van der Waals surface area contributed by atoms with Crippen molar-refractivity contribution in [2.75, 3.05) is 0 Å². The quantitative estimate of drug-likeness (QED) is 0.617. The van der Waals surface area contributed by atoms with Crippen molar-refractivity contribution in [1.82, 2.24) is 15.0 Å². The van der Waals surface area contributed by atoms with Gasteiger partial charge in [0, 0.05) is 6.42 Å². The van der Waals surface area contributed by atoms with Gasteiger partial charge in [-0.1, -0.05) is 6.07 Å². The number of halogens is 3. The zero-order chi connectivity index (χ0) is 22.3. The number of fused-ring (bicyclic) bond motifs is 1. The van der Waals surface area contributed by atoms with Crippen molar-refractivity contribution in [1.29, 1.82) is 0 Å². The molecule has 1 N–H and O–H groups in total. The fourth-order valence-electron chi connectivity index (χ4n) is 3.07. The van der Waals surface area contributed by atoms with Crippen molar-refractivity contribution in [3.63, 3.8) is 0 Å². The van der Waals surface area contributed by atoms with Gasteiger partial charge in [0.05, 0.1) is 5.56 Å². The molecule has 1 heterocycles. The lowest BCUT2D eigenvalue weighted by molar-refractivity contribution is -0.154. The van der Waals surface area contributed by atoms with E-state index in [1.165, 1.54) is 12.1 Å². The van der Waals surface area contributed by atoms with Gasteiger partial charge in [-0.2, -0.15) is 13.2 Å². The van der Waals surface area contributed by atoms with E-state index in [2.05, 4.69) is 10.2 Å². The number of esters is 1. The highest BCUT2D eigenvalue weighted by molar-refractivity contribution is 5.75. The molecule has 0 aliphatic carbocycles. The number of aryl methyl sites for hydroxylation is 1. The number of carbonyl (C=O) groups is 1. The first-order valence-corrected chi connectivity index (χ1v) is 9.33. The first kappa shape index (κ1) is 21.6. The Bertz CT molecular complexity index is 1100. The molecule has 6 nitrogen and oxygen atoms in total. The van der Waals surface area contributed by atoms with Gasteiger partial charge >= 0.3 is 12.1 Å². The average molecular weight is 421 g/mol. The molecule has 0 aliphatic heterocycles. The molecule has 0 fully saturated rings. The number of hydrogen-bond donors (Lipinski definition) is 1. The maximum absolute atomic E-state index is 12.9. The molecule has 0 saturated carbocycles. The third-order valence-electron chi connectivity index (χ3n) is 4.45. The van der Waals surface area contributed by atoms with Crippen LogP contribution in [0.3, 0.4) is 0 Å². The highest BCUT2D eigenvalue weighted by atomic mass is 19.4. The second-order valence-corrected chi connectivity index (χ2v) is 7.99. The predicted octanol–water partition coefficient (Wildman–Crippen LogP) is 4.73. The van der Waals surface area contributed by atoms with Gasteiger partial charge in [-0.05, 0) is 69.5 Å². The molecule has 3 rings (SSSR count). The maximum Gasteiger partial charge on any atom is 0.416 e. The number of nitrogens with zero attached hydrogens (tertiary/aromatic N) is 3. The molecule has 0 spiro atoms. The molecule has 0 aliphatic rings. The Morgan fingerprint density at radius 1 is 1.10 bits per heavy atom. The largest absolute Gasteiger partial charge is 0.506 e. The fourth-order valence-corrected chi connectivity index (χ4v) is 3.07. The summed E-state index contributed by atoms with van der Waals surface area (Å²) in [7, 11) is 0. The van der Waals surface area contributed by atoms with Gasteiger partial charge in [-0.25, -0.2) is 0 Å². The van der Waals surface area contributed by atoms with Crippen molar-refractivity contribution < 1.29 is 27.8 Å². The summed E-state index contributed by atoms with van der Waals surface area (Å²) >= 11 is 0. The van der Waals surface area contributed by atoms with Crippen LogP contribution in [-0.4, -0.2) is 31.7 Å². The smallest absolute Gasteiger partial charge is 0.416 e. The second-order valence-electron chi connectivity index (χ2n) is 7.99. The van der Waals surface area contributed by atoms with Crippen LogP contribution in [0.25, 0.3) is 16.7 Å². The van der Waals surface area contributed by atoms with E-state index in [9.17, 15) is 23.1 Å². The number of benzene rings is 2. The lowest BCUT2D eigenvalue weighted by atomic mass is 10.0. The van der Waals surface area contributed by atoms with Crippen LogP contribution in [0.2, 0.25) is 0 Å². The second kappa shape index (κ2) is 7.62. The van der Waals surface area contributed by atoms with Crippen molar-refractivity contribution in [2.45, 2.75) is 52.3 Å². The summed E-state index contributed by atoms with van der Waals surface area (Å²) in [5.41, 5.74) is 0.556. The summed E-state index contributed by atoms with van der Waals surface area (Å²) in [5, 5.41) is 18.7. The maximum atomic E-state index is 12.9. The van der Waals surface area contributed by atoms with Crippen LogP contribution >= 0.6 is 0 Å². The van der Waals surface area contributed by atoms with Gasteiger partial charge in [0.25, 0.3) is 0 Å². The third kappa shape index (κ3) is 4.72. The number of alkyl halides is 3. The molecule has 0 bridgehead atoms. The Balaban J connectivity index is 1.92. The van der Waals surface area contributed by atoms with Crippen LogP contribution < -0.4 is 0 Å².